The molecule has 0 atom stereocenters. The predicted octanol–water partition coefficient (Wildman–Crippen LogP) is 5.26. The highest BCUT2D eigenvalue weighted by Crippen LogP contribution is 2.28. The predicted molar refractivity (Wildman–Crippen MR) is 145 cm³/mol. The molecule has 0 aliphatic carbocycles. The third-order valence-corrected chi connectivity index (χ3v) is 8.86. The van der Waals surface area contributed by atoms with Gasteiger partial charge in [0.05, 0.1) is 4.90 Å². The van der Waals surface area contributed by atoms with E-state index in [0.29, 0.717) is 42.5 Å². The van der Waals surface area contributed by atoms with Gasteiger partial charge in [0, 0.05) is 48.9 Å². The Bertz CT molecular complexity index is 1500. The van der Waals surface area contributed by atoms with Crippen LogP contribution in [0.5, 0.6) is 0 Å². The molecule has 0 unspecified atom stereocenters. The molecule has 4 aromatic rings. The Hall–Kier alpha value is -3.00. The van der Waals surface area contributed by atoms with Crippen molar-refractivity contribution in [3.63, 3.8) is 0 Å². The number of benzene rings is 3. The first-order chi connectivity index (χ1) is 17.3. The van der Waals surface area contributed by atoms with E-state index in [1.807, 2.05) is 61.5 Å². The molecule has 36 heavy (non-hydrogen) atoms. The summed E-state index contributed by atoms with van der Waals surface area (Å²) >= 11 is 6.08. The number of hydrogen-bond acceptors (Lipinski definition) is 5. The molecule has 0 bridgehead atoms. The topological polar surface area (TPSA) is 66.4 Å². The molecule has 2 heterocycles. The van der Waals surface area contributed by atoms with Gasteiger partial charge in [0.15, 0.2) is 0 Å². The van der Waals surface area contributed by atoms with Crippen LogP contribution in [0.4, 0.5) is 5.82 Å². The number of sulfonamides is 1. The second kappa shape index (κ2) is 10.2. The highest BCUT2D eigenvalue weighted by molar-refractivity contribution is 7.89. The lowest BCUT2D eigenvalue weighted by molar-refractivity contribution is 0.383. The van der Waals surface area contributed by atoms with Gasteiger partial charge in [-0.05, 0) is 53.9 Å². The van der Waals surface area contributed by atoms with Crippen molar-refractivity contribution >= 4 is 38.2 Å². The maximum Gasteiger partial charge on any atom is 0.243 e. The summed E-state index contributed by atoms with van der Waals surface area (Å²) in [5.41, 5.74) is 3.26. The van der Waals surface area contributed by atoms with E-state index in [2.05, 4.69) is 11.8 Å². The van der Waals surface area contributed by atoms with Crippen molar-refractivity contribution in [1.82, 2.24) is 14.3 Å². The van der Waals surface area contributed by atoms with Gasteiger partial charge in [-0.1, -0.05) is 61.0 Å². The van der Waals surface area contributed by atoms with Gasteiger partial charge in [-0.15, -0.1) is 0 Å². The lowest BCUT2D eigenvalue weighted by Gasteiger charge is -2.36. The van der Waals surface area contributed by atoms with E-state index in [-0.39, 0.29) is 0 Å². The minimum absolute atomic E-state index is 0.337. The summed E-state index contributed by atoms with van der Waals surface area (Å²) in [4.78, 5) is 12.1. The summed E-state index contributed by atoms with van der Waals surface area (Å²) in [6.07, 6.45) is 1.50. The SMILES string of the molecule is CCc1nc(C)nc(N2CCN(S(=O)(=O)c3ccc4ccccc4c3)CC2)c1Cc1ccc(Cl)cc1. The van der Waals surface area contributed by atoms with Crippen LogP contribution in [0.25, 0.3) is 10.8 Å². The smallest absolute Gasteiger partial charge is 0.243 e. The lowest BCUT2D eigenvalue weighted by Crippen LogP contribution is -2.49. The second-order valence-corrected chi connectivity index (χ2v) is 11.5. The van der Waals surface area contributed by atoms with E-state index in [4.69, 9.17) is 21.6 Å². The second-order valence-electron chi connectivity index (χ2n) is 9.08. The molecule has 0 spiro atoms. The van der Waals surface area contributed by atoms with Crippen LogP contribution in [-0.2, 0) is 22.9 Å². The van der Waals surface area contributed by atoms with Gasteiger partial charge in [-0.25, -0.2) is 18.4 Å². The zero-order valence-electron chi connectivity index (χ0n) is 20.5. The number of fused-ring (bicyclic) bond motifs is 1. The van der Waals surface area contributed by atoms with E-state index in [9.17, 15) is 8.42 Å². The van der Waals surface area contributed by atoms with Crippen molar-refractivity contribution in [1.29, 1.82) is 0 Å². The molecule has 6 nitrogen and oxygen atoms in total. The molecule has 8 heteroatoms. The molecule has 0 N–H and O–H groups in total. The Balaban J connectivity index is 1.39. The van der Waals surface area contributed by atoms with Gasteiger partial charge >= 0.3 is 0 Å². The highest BCUT2D eigenvalue weighted by Gasteiger charge is 2.30. The van der Waals surface area contributed by atoms with Crippen LogP contribution < -0.4 is 4.90 Å². The van der Waals surface area contributed by atoms with E-state index in [1.165, 1.54) is 0 Å². The van der Waals surface area contributed by atoms with E-state index in [0.717, 1.165) is 45.7 Å². The minimum atomic E-state index is -3.58. The highest BCUT2D eigenvalue weighted by atomic mass is 35.5. The largest absolute Gasteiger partial charge is 0.354 e. The summed E-state index contributed by atoms with van der Waals surface area (Å²) in [6.45, 7) is 5.96. The molecule has 5 rings (SSSR count). The number of nitrogens with zero attached hydrogens (tertiary/aromatic N) is 4. The van der Waals surface area contributed by atoms with E-state index < -0.39 is 10.0 Å². The van der Waals surface area contributed by atoms with Gasteiger partial charge in [0.25, 0.3) is 0 Å². The quantitative estimate of drug-likeness (QED) is 0.347. The molecular formula is C28H29ClN4O2S. The average molecular weight is 521 g/mol. The van der Waals surface area contributed by atoms with Gasteiger partial charge in [0.2, 0.25) is 10.0 Å². The van der Waals surface area contributed by atoms with Crippen LogP contribution in [0.15, 0.2) is 71.6 Å². The Morgan fingerprint density at radius 1 is 0.889 bits per heavy atom. The van der Waals surface area contributed by atoms with Gasteiger partial charge in [-0.3, -0.25) is 0 Å². The third kappa shape index (κ3) is 4.96. The fourth-order valence-electron chi connectivity index (χ4n) is 4.80. The Morgan fingerprint density at radius 3 is 2.28 bits per heavy atom. The van der Waals surface area contributed by atoms with E-state index in [1.54, 1.807) is 16.4 Å². The molecule has 1 saturated heterocycles. The first-order valence-electron chi connectivity index (χ1n) is 12.2. The molecule has 1 aliphatic rings. The van der Waals surface area contributed by atoms with Gasteiger partial charge < -0.3 is 4.90 Å². The molecule has 186 valence electrons. The first kappa shape index (κ1) is 24.7. The third-order valence-electron chi connectivity index (χ3n) is 6.71. The first-order valence-corrected chi connectivity index (χ1v) is 14.0. The molecular weight excluding hydrogens is 492 g/mol. The Kier molecular flexibility index (Phi) is 6.97. The average Bonchev–Trinajstić information content (AvgIpc) is 2.90. The fourth-order valence-corrected chi connectivity index (χ4v) is 6.38. The van der Waals surface area contributed by atoms with Gasteiger partial charge in [-0.2, -0.15) is 4.31 Å². The number of aryl methyl sites for hydroxylation is 2. The van der Waals surface area contributed by atoms with Crippen LogP contribution in [-0.4, -0.2) is 48.9 Å². The van der Waals surface area contributed by atoms with Crippen LogP contribution in [0.2, 0.25) is 5.02 Å². The molecule has 1 fully saturated rings. The summed E-state index contributed by atoms with van der Waals surface area (Å²) in [6, 6.07) is 21.0. The number of rotatable bonds is 6. The molecule has 3 aromatic carbocycles. The molecule has 1 aromatic heterocycles. The van der Waals surface area contributed by atoms with Crippen molar-refractivity contribution in [3.8, 4) is 0 Å². The van der Waals surface area contributed by atoms with Crippen molar-refractivity contribution in [2.75, 3.05) is 31.1 Å². The van der Waals surface area contributed by atoms with E-state index >= 15 is 0 Å². The van der Waals surface area contributed by atoms with Crippen LogP contribution in [0.3, 0.4) is 0 Å². The summed E-state index contributed by atoms with van der Waals surface area (Å²) in [5.74, 6) is 1.63. The minimum Gasteiger partial charge on any atom is -0.354 e. The Morgan fingerprint density at radius 2 is 1.58 bits per heavy atom. The van der Waals surface area contributed by atoms with Crippen LogP contribution in [0, 0.1) is 6.92 Å². The monoisotopic (exact) mass is 520 g/mol. The van der Waals surface area contributed by atoms with Gasteiger partial charge in [0.1, 0.15) is 11.6 Å². The maximum atomic E-state index is 13.4. The number of anilines is 1. The lowest BCUT2D eigenvalue weighted by atomic mass is 10.0. The molecule has 0 radical (unpaired) electrons. The summed E-state index contributed by atoms with van der Waals surface area (Å²) < 4.78 is 28.5. The maximum absolute atomic E-state index is 13.4. The molecule has 0 saturated carbocycles. The number of hydrogen-bond donors (Lipinski definition) is 0. The zero-order chi connectivity index (χ0) is 25.3. The molecule has 0 amide bonds. The van der Waals surface area contributed by atoms with Crippen LogP contribution >= 0.6 is 11.6 Å². The number of halogens is 1. The van der Waals surface area contributed by atoms with Crippen molar-refractivity contribution in [3.05, 3.63) is 94.4 Å². The Labute approximate surface area is 217 Å². The summed E-state index contributed by atoms with van der Waals surface area (Å²) in [7, 11) is -3.58. The van der Waals surface area contributed by atoms with Crippen molar-refractivity contribution < 1.29 is 8.42 Å². The summed E-state index contributed by atoms with van der Waals surface area (Å²) in [5, 5.41) is 2.66. The van der Waals surface area contributed by atoms with Crippen molar-refractivity contribution in [2.45, 2.75) is 31.6 Å². The van der Waals surface area contributed by atoms with Crippen molar-refractivity contribution in [2.24, 2.45) is 0 Å². The number of piperazine rings is 1. The molecule has 1 aliphatic heterocycles. The number of aromatic nitrogens is 2. The zero-order valence-corrected chi connectivity index (χ0v) is 22.1. The normalized spacial score (nSPS) is 14.9. The van der Waals surface area contributed by atoms with Crippen LogP contribution in [0.1, 0.15) is 29.6 Å². The standard InChI is InChI=1S/C28H29ClN4O2S/c1-3-27-26(18-21-8-11-24(29)12-9-21)28(31-20(2)30-27)32-14-16-33(17-15-32)36(34,35)25-13-10-22-6-4-5-7-23(22)19-25/h4-13,19H,3,14-18H2,1-2H3. The fraction of sp³-hybridized carbons (Fsp3) is 0.286.